The second kappa shape index (κ2) is 5.38. The third-order valence-corrected chi connectivity index (χ3v) is 4.80. The monoisotopic (exact) mass is 313 g/mol. The predicted molar refractivity (Wildman–Crippen MR) is 86.7 cm³/mol. The lowest BCUT2D eigenvalue weighted by Crippen LogP contribution is -2.21. The van der Waals surface area contributed by atoms with E-state index in [1.807, 2.05) is 31.2 Å². The van der Waals surface area contributed by atoms with Crippen molar-refractivity contribution >= 4 is 22.1 Å². The molecule has 0 bridgehead atoms. The molecule has 112 valence electrons. The van der Waals surface area contributed by atoms with Crippen LogP contribution in [-0.4, -0.2) is 32.5 Å². The average Bonchev–Trinajstić information content (AvgIpc) is 2.79. The minimum Gasteiger partial charge on any atom is -0.250 e. The highest BCUT2D eigenvalue weighted by molar-refractivity contribution is 7.90. The Balaban J connectivity index is 1.94. The van der Waals surface area contributed by atoms with Crippen molar-refractivity contribution in [2.45, 2.75) is 11.8 Å². The molecule has 0 atom stereocenters. The van der Waals surface area contributed by atoms with Crippen LogP contribution in [0, 0.1) is 6.92 Å². The van der Waals surface area contributed by atoms with E-state index in [1.165, 1.54) is 5.01 Å². The van der Waals surface area contributed by atoms with Crippen molar-refractivity contribution < 1.29 is 8.42 Å². The zero-order chi connectivity index (χ0) is 15.7. The van der Waals surface area contributed by atoms with Crippen molar-refractivity contribution in [1.82, 2.24) is 5.01 Å². The molecule has 1 aliphatic heterocycles. The first-order valence-electron chi connectivity index (χ1n) is 6.77. The lowest BCUT2D eigenvalue weighted by Gasteiger charge is -2.12. The van der Waals surface area contributed by atoms with E-state index < -0.39 is 10.0 Å². The minimum absolute atomic E-state index is 0.225. The maximum Gasteiger partial charge on any atom is 0.285 e. The highest BCUT2D eigenvalue weighted by Crippen LogP contribution is 2.26. The molecule has 2 aromatic carbocycles. The van der Waals surface area contributed by atoms with Crippen LogP contribution in [-0.2, 0) is 10.0 Å². The Kier molecular flexibility index (Phi) is 3.54. The number of nitrogens with zero attached hydrogens (tertiary/aromatic N) is 3. The highest BCUT2D eigenvalue weighted by atomic mass is 32.2. The van der Waals surface area contributed by atoms with Gasteiger partial charge in [0.1, 0.15) is 4.90 Å². The molecule has 0 N–H and O–H groups in total. The van der Waals surface area contributed by atoms with Gasteiger partial charge in [-0.3, -0.25) is 0 Å². The number of fused-ring (bicyclic) bond motifs is 1. The molecule has 1 heterocycles. The number of hydrogen-bond donors (Lipinski definition) is 0. The Labute approximate surface area is 129 Å². The molecular formula is C16H15N3O2S. The minimum atomic E-state index is -3.62. The van der Waals surface area contributed by atoms with Crippen LogP contribution in [0.5, 0.6) is 0 Å². The SMILES string of the molecule is Cc1ccccc1/C=N\N(C)C1=NS(=O)(=O)c2ccccc21. The first-order valence-corrected chi connectivity index (χ1v) is 8.21. The highest BCUT2D eigenvalue weighted by Gasteiger charge is 2.30. The molecule has 0 radical (unpaired) electrons. The zero-order valence-electron chi connectivity index (χ0n) is 12.3. The Morgan fingerprint density at radius 3 is 2.55 bits per heavy atom. The van der Waals surface area contributed by atoms with Crippen LogP contribution in [0.4, 0.5) is 0 Å². The molecule has 5 nitrogen and oxygen atoms in total. The van der Waals surface area contributed by atoms with Gasteiger partial charge in [-0.15, -0.1) is 4.40 Å². The summed E-state index contributed by atoms with van der Waals surface area (Å²) in [7, 11) is -1.93. The summed E-state index contributed by atoms with van der Waals surface area (Å²) < 4.78 is 27.9. The molecule has 0 spiro atoms. The molecule has 6 heteroatoms. The third kappa shape index (κ3) is 2.53. The van der Waals surface area contributed by atoms with Crippen LogP contribution in [0.1, 0.15) is 16.7 Å². The van der Waals surface area contributed by atoms with Gasteiger partial charge in [0.2, 0.25) is 0 Å². The quantitative estimate of drug-likeness (QED) is 0.632. The van der Waals surface area contributed by atoms with Crippen LogP contribution in [0.2, 0.25) is 0 Å². The second-order valence-electron chi connectivity index (χ2n) is 5.01. The van der Waals surface area contributed by atoms with Crippen LogP contribution in [0.15, 0.2) is 62.9 Å². The number of sulfonamides is 1. The van der Waals surface area contributed by atoms with Gasteiger partial charge in [-0.1, -0.05) is 36.4 Å². The van der Waals surface area contributed by atoms with Crippen molar-refractivity contribution in [3.63, 3.8) is 0 Å². The van der Waals surface area contributed by atoms with E-state index in [-0.39, 0.29) is 4.90 Å². The summed E-state index contributed by atoms with van der Waals surface area (Å²) >= 11 is 0. The summed E-state index contributed by atoms with van der Waals surface area (Å²) in [6, 6.07) is 14.6. The molecule has 0 saturated heterocycles. The molecule has 0 amide bonds. The van der Waals surface area contributed by atoms with Gasteiger partial charge in [0, 0.05) is 12.6 Å². The van der Waals surface area contributed by atoms with E-state index in [1.54, 1.807) is 37.5 Å². The number of amidine groups is 1. The van der Waals surface area contributed by atoms with Crippen LogP contribution >= 0.6 is 0 Å². The Hall–Kier alpha value is -2.47. The smallest absolute Gasteiger partial charge is 0.250 e. The summed E-state index contributed by atoms with van der Waals surface area (Å²) in [6.45, 7) is 1.99. The van der Waals surface area contributed by atoms with Crippen molar-refractivity contribution in [2.24, 2.45) is 9.50 Å². The van der Waals surface area contributed by atoms with Gasteiger partial charge in [-0.25, -0.2) is 5.01 Å². The first kappa shape index (κ1) is 14.5. The maximum absolute atomic E-state index is 12.0. The molecule has 2 aromatic rings. The molecule has 3 rings (SSSR count). The van der Waals surface area contributed by atoms with E-state index >= 15 is 0 Å². The molecular weight excluding hydrogens is 298 g/mol. The third-order valence-electron chi connectivity index (χ3n) is 3.48. The van der Waals surface area contributed by atoms with Crippen molar-refractivity contribution in [2.75, 3.05) is 7.05 Å². The number of hydrogen-bond acceptors (Lipinski definition) is 4. The van der Waals surface area contributed by atoms with Gasteiger partial charge < -0.3 is 0 Å². The normalized spacial score (nSPS) is 15.6. The maximum atomic E-state index is 12.0. The van der Waals surface area contributed by atoms with Crippen molar-refractivity contribution in [3.05, 3.63) is 65.2 Å². The predicted octanol–water partition coefficient (Wildman–Crippen LogP) is 2.41. The lowest BCUT2D eigenvalue weighted by atomic mass is 10.1. The molecule has 0 saturated carbocycles. The van der Waals surface area contributed by atoms with E-state index in [0.717, 1.165) is 11.1 Å². The molecule has 1 aliphatic rings. The van der Waals surface area contributed by atoms with Crippen molar-refractivity contribution in [3.8, 4) is 0 Å². The van der Waals surface area contributed by atoms with Gasteiger partial charge >= 0.3 is 0 Å². The van der Waals surface area contributed by atoms with Crippen LogP contribution in [0.25, 0.3) is 0 Å². The van der Waals surface area contributed by atoms with Crippen LogP contribution < -0.4 is 0 Å². The first-order chi connectivity index (χ1) is 10.5. The Morgan fingerprint density at radius 1 is 1.09 bits per heavy atom. The fraction of sp³-hybridized carbons (Fsp3) is 0.125. The standard InChI is InChI=1S/C16H15N3O2S/c1-12-7-3-4-8-13(12)11-17-19(2)16-14-9-5-6-10-15(14)22(20,21)18-16/h3-11H,1-2H3/b17-11-. The van der Waals surface area contributed by atoms with E-state index in [0.29, 0.717) is 11.4 Å². The van der Waals surface area contributed by atoms with E-state index in [9.17, 15) is 8.42 Å². The molecule has 0 unspecified atom stereocenters. The van der Waals surface area contributed by atoms with Gasteiger partial charge in [-0.05, 0) is 30.2 Å². The fourth-order valence-corrected chi connectivity index (χ4v) is 3.49. The number of rotatable bonds is 2. The van der Waals surface area contributed by atoms with Crippen LogP contribution in [0.3, 0.4) is 0 Å². The van der Waals surface area contributed by atoms with Gasteiger partial charge in [0.15, 0.2) is 5.84 Å². The fourth-order valence-electron chi connectivity index (χ4n) is 2.26. The van der Waals surface area contributed by atoms with Gasteiger partial charge in [-0.2, -0.15) is 13.5 Å². The summed E-state index contributed by atoms with van der Waals surface area (Å²) in [6.07, 6.45) is 1.70. The number of aryl methyl sites for hydroxylation is 1. The average molecular weight is 313 g/mol. The second-order valence-corrected chi connectivity index (χ2v) is 6.58. The topological polar surface area (TPSA) is 62.1 Å². The largest absolute Gasteiger partial charge is 0.285 e. The Bertz CT molecular complexity index is 886. The molecule has 0 fully saturated rings. The van der Waals surface area contributed by atoms with Gasteiger partial charge in [0.25, 0.3) is 10.0 Å². The Morgan fingerprint density at radius 2 is 1.77 bits per heavy atom. The summed E-state index contributed by atoms with van der Waals surface area (Å²) in [5, 5.41) is 5.80. The van der Waals surface area contributed by atoms with E-state index in [2.05, 4.69) is 9.50 Å². The number of benzene rings is 2. The summed E-state index contributed by atoms with van der Waals surface area (Å²) in [5.41, 5.74) is 2.65. The molecule has 0 aliphatic carbocycles. The molecule has 0 aromatic heterocycles. The van der Waals surface area contributed by atoms with Crippen molar-refractivity contribution in [1.29, 1.82) is 0 Å². The number of hydrazone groups is 1. The molecule has 22 heavy (non-hydrogen) atoms. The lowest BCUT2D eigenvalue weighted by molar-refractivity contribution is 0.549. The summed E-state index contributed by atoms with van der Waals surface area (Å²) in [4.78, 5) is 0.225. The zero-order valence-corrected chi connectivity index (χ0v) is 13.1. The van der Waals surface area contributed by atoms with Gasteiger partial charge in [0.05, 0.1) is 6.21 Å². The summed E-state index contributed by atoms with van der Waals surface area (Å²) in [5.74, 6) is 0.334. The van der Waals surface area contributed by atoms with E-state index in [4.69, 9.17) is 0 Å².